The van der Waals surface area contributed by atoms with Crippen LogP contribution in [0, 0.1) is 13.8 Å². The molecule has 1 atom stereocenters. The number of aryl methyl sites for hydroxylation is 2. The van der Waals surface area contributed by atoms with Crippen molar-refractivity contribution in [1.82, 2.24) is 24.6 Å². The first-order chi connectivity index (χ1) is 18.5. The van der Waals surface area contributed by atoms with Crippen LogP contribution in [0.1, 0.15) is 39.7 Å². The lowest BCUT2D eigenvalue weighted by Crippen LogP contribution is -2.41. The van der Waals surface area contributed by atoms with Crippen LogP contribution in [0.5, 0.6) is 0 Å². The highest BCUT2D eigenvalue weighted by Crippen LogP contribution is 2.39. The summed E-state index contributed by atoms with van der Waals surface area (Å²) >= 11 is 6.45. The van der Waals surface area contributed by atoms with Gasteiger partial charge in [-0.1, -0.05) is 71.8 Å². The molecule has 0 aliphatic carbocycles. The van der Waals surface area contributed by atoms with Gasteiger partial charge in [0, 0.05) is 23.3 Å². The molecule has 7 heteroatoms. The molecule has 0 fully saturated rings. The summed E-state index contributed by atoms with van der Waals surface area (Å²) in [5.74, 6) is 0.939. The van der Waals surface area contributed by atoms with E-state index in [1.54, 1.807) is 0 Å². The van der Waals surface area contributed by atoms with Gasteiger partial charge in [-0.05, 0) is 61.4 Å². The second kappa shape index (κ2) is 9.88. The molecule has 0 saturated carbocycles. The predicted octanol–water partition coefficient (Wildman–Crippen LogP) is 6.75. The van der Waals surface area contributed by atoms with Crippen LogP contribution in [0.15, 0.2) is 97.2 Å². The Bertz CT molecular complexity index is 1600. The highest BCUT2D eigenvalue weighted by atomic mass is 35.5. The number of carbonyl (C=O) groups excluding carboxylic acids is 1. The maximum absolute atomic E-state index is 13.9. The van der Waals surface area contributed by atoms with E-state index < -0.39 is 0 Å². The van der Waals surface area contributed by atoms with E-state index in [4.69, 9.17) is 16.7 Å². The first kappa shape index (κ1) is 24.1. The number of aromatic nitrogens is 3. The smallest absolute Gasteiger partial charge is 0.318 e. The van der Waals surface area contributed by atoms with Crippen LogP contribution in [-0.2, 0) is 13.1 Å². The lowest BCUT2D eigenvalue weighted by Gasteiger charge is -2.31. The molecule has 6 nitrogen and oxygen atoms in total. The Morgan fingerprint density at radius 1 is 0.974 bits per heavy atom. The van der Waals surface area contributed by atoms with Crippen LogP contribution in [-0.4, -0.2) is 25.3 Å². The number of rotatable bonds is 4. The molecule has 3 heterocycles. The molecule has 38 heavy (non-hydrogen) atoms. The van der Waals surface area contributed by atoms with Crippen molar-refractivity contribution in [2.24, 2.45) is 0 Å². The lowest BCUT2D eigenvalue weighted by molar-refractivity contribution is 0.180. The largest absolute Gasteiger partial charge is 0.334 e. The Morgan fingerprint density at radius 2 is 1.76 bits per heavy atom. The molecule has 5 aromatic rings. The van der Waals surface area contributed by atoms with E-state index in [2.05, 4.69) is 35.0 Å². The minimum Gasteiger partial charge on any atom is -0.334 e. The van der Waals surface area contributed by atoms with Gasteiger partial charge in [-0.25, -0.2) is 9.48 Å². The second-order valence-electron chi connectivity index (χ2n) is 9.67. The van der Waals surface area contributed by atoms with E-state index in [1.807, 2.05) is 95.5 Å². The molecule has 0 unspecified atom stereocenters. The number of halogens is 1. The zero-order valence-corrected chi connectivity index (χ0v) is 22.1. The van der Waals surface area contributed by atoms with Crippen molar-refractivity contribution in [1.29, 1.82) is 0 Å². The number of fused-ring (bicyclic) bond motifs is 3. The van der Waals surface area contributed by atoms with Crippen molar-refractivity contribution in [2.75, 3.05) is 0 Å². The zero-order chi connectivity index (χ0) is 26.2. The molecule has 2 aromatic heterocycles. The highest BCUT2D eigenvalue weighted by molar-refractivity contribution is 6.30. The van der Waals surface area contributed by atoms with Gasteiger partial charge in [0.25, 0.3) is 0 Å². The Labute approximate surface area is 227 Å². The molecule has 190 valence electrons. The van der Waals surface area contributed by atoms with Gasteiger partial charge in [-0.3, -0.25) is 0 Å². The summed E-state index contributed by atoms with van der Waals surface area (Å²) in [6.45, 7) is 4.89. The Morgan fingerprint density at radius 3 is 2.53 bits per heavy atom. The van der Waals surface area contributed by atoms with Crippen LogP contribution in [0.3, 0.4) is 0 Å². The van der Waals surface area contributed by atoms with Crippen LogP contribution in [0.4, 0.5) is 4.79 Å². The highest BCUT2D eigenvalue weighted by Gasteiger charge is 2.36. The molecule has 6 rings (SSSR count). The summed E-state index contributed by atoms with van der Waals surface area (Å²) in [6.07, 6.45) is 2.04. The van der Waals surface area contributed by atoms with Gasteiger partial charge in [0.2, 0.25) is 0 Å². The summed E-state index contributed by atoms with van der Waals surface area (Å²) in [5, 5.41) is 8.70. The number of hydrogen-bond donors (Lipinski definition) is 1. The fraction of sp³-hybridized carbons (Fsp3) is 0.161. The van der Waals surface area contributed by atoms with E-state index in [0.717, 1.165) is 39.6 Å². The van der Waals surface area contributed by atoms with E-state index in [-0.39, 0.29) is 12.1 Å². The van der Waals surface area contributed by atoms with Crippen LogP contribution >= 0.6 is 11.6 Å². The minimum absolute atomic E-state index is 0.150. The second-order valence-corrected chi connectivity index (χ2v) is 10.1. The Hall–Kier alpha value is -4.29. The van der Waals surface area contributed by atoms with E-state index in [0.29, 0.717) is 18.1 Å². The maximum Gasteiger partial charge on any atom is 0.318 e. The molecule has 3 aromatic carbocycles. The van der Waals surface area contributed by atoms with Gasteiger partial charge in [0.15, 0.2) is 0 Å². The van der Waals surface area contributed by atoms with Gasteiger partial charge >= 0.3 is 6.03 Å². The van der Waals surface area contributed by atoms with Crippen LogP contribution in [0.25, 0.3) is 11.5 Å². The van der Waals surface area contributed by atoms with Gasteiger partial charge in [0.05, 0.1) is 29.7 Å². The van der Waals surface area contributed by atoms with Crippen molar-refractivity contribution < 1.29 is 4.79 Å². The number of nitrogens with zero attached hydrogens (tertiary/aromatic N) is 4. The van der Waals surface area contributed by atoms with E-state index in [9.17, 15) is 4.79 Å². The number of hydrogen-bond acceptors (Lipinski definition) is 2. The Kier molecular flexibility index (Phi) is 6.26. The third-order valence-electron chi connectivity index (χ3n) is 7.08. The fourth-order valence-electron chi connectivity index (χ4n) is 5.16. The quantitative estimate of drug-likeness (QED) is 0.284. The monoisotopic (exact) mass is 521 g/mol. The number of para-hydroxylation sites is 1. The summed E-state index contributed by atoms with van der Waals surface area (Å²) in [5.41, 5.74) is 7.00. The van der Waals surface area contributed by atoms with Crippen molar-refractivity contribution in [3.8, 4) is 11.5 Å². The molecule has 1 aliphatic heterocycles. The molecule has 1 aliphatic rings. The number of urea groups is 1. The van der Waals surface area contributed by atoms with Crippen LogP contribution < -0.4 is 5.32 Å². The standard InChI is InChI=1S/C31H28ClN5O/c1-21-13-15-23(16-14-21)19-33-31(38)36-20-27-22(2)34-37(26-10-4-3-5-11-26)30(27)35-17-7-12-28(35)29(36)24-8-6-9-25(32)18-24/h3-18,29H,19-20H2,1-2H3,(H,33,38)/t29-/m1/s1. The zero-order valence-electron chi connectivity index (χ0n) is 21.3. The number of amides is 2. The Balaban J connectivity index is 1.47. The van der Waals surface area contributed by atoms with Gasteiger partial charge < -0.3 is 14.8 Å². The lowest BCUT2D eigenvalue weighted by atomic mass is 10.0. The minimum atomic E-state index is -0.349. The van der Waals surface area contributed by atoms with Crippen molar-refractivity contribution >= 4 is 17.6 Å². The van der Waals surface area contributed by atoms with Crippen molar-refractivity contribution in [3.05, 3.63) is 136 Å². The SMILES string of the molecule is Cc1ccc(CNC(=O)N2Cc3c(C)nn(-c4ccccc4)c3-n3cccc3[C@H]2c2cccc(Cl)c2)cc1. The molecule has 0 spiro atoms. The molecule has 0 bridgehead atoms. The molecule has 2 amide bonds. The third-order valence-corrected chi connectivity index (χ3v) is 7.31. The van der Waals surface area contributed by atoms with Crippen molar-refractivity contribution in [2.45, 2.75) is 33.0 Å². The first-order valence-electron chi connectivity index (χ1n) is 12.7. The topological polar surface area (TPSA) is 55.1 Å². The molecule has 0 radical (unpaired) electrons. The summed E-state index contributed by atoms with van der Waals surface area (Å²) < 4.78 is 4.12. The first-order valence-corrected chi connectivity index (χ1v) is 13.0. The van der Waals surface area contributed by atoms with Crippen molar-refractivity contribution in [3.63, 3.8) is 0 Å². The van der Waals surface area contributed by atoms with Gasteiger partial charge in [-0.15, -0.1) is 0 Å². The summed E-state index contributed by atoms with van der Waals surface area (Å²) in [4.78, 5) is 15.8. The normalized spacial score (nSPS) is 14.5. The number of nitrogens with one attached hydrogen (secondary N) is 1. The summed E-state index contributed by atoms with van der Waals surface area (Å²) in [7, 11) is 0. The maximum atomic E-state index is 13.9. The van der Waals surface area contributed by atoms with E-state index >= 15 is 0 Å². The van der Waals surface area contributed by atoms with Gasteiger partial charge in [-0.2, -0.15) is 5.10 Å². The molecular weight excluding hydrogens is 494 g/mol. The molecule has 1 N–H and O–H groups in total. The summed E-state index contributed by atoms with van der Waals surface area (Å²) in [6, 6.07) is 29.6. The predicted molar refractivity (Wildman–Crippen MR) is 150 cm³/mol. The van der Waals surface area contributed by atoms with Gasteiger partial charge in [0.1, 0.15) is 5.82 Å². The average molecular weight is 522 g/mol. The number of benzene rings is 3. The number of carbonyl (C=O) groups is 1. The third kappa shape index (κ3) is 4.37. The van der Waals surface area contributed by atoms with Crippen LogP contribution in [0.2, 0.25) is 5.02 Å². The van der Waals surface area contributed by atoms with E-state index in [1.165, 1.54) is 5.56 Å². The molecule has 0 saturated heterocycles. The molecular formula is C31H28ClN5O. The average Bonchev–Trinajstić information content (AvgIpc) is 3.49. The fourth-order valence-corrected chi connectivity index (χ4v) is 5.36.